The van der Waals surface area contributed by atoms with Gasteiger partial charge in [-0.1, -0.05) is 0 Å². The van der Waals surface area contributed by atoms with E-state index in [0.717, 1.165) is 0 Å². The molecule has 8 heteroatoms. The molecule has 1 amide bonds. The number of nitrogens with one attached hydrogen (secondary N) is 1. The molecule has 3 aromatic rings. The largest absolute Gasteiger partial charge is 0.297 e. The van der Waals surface area contributed by atoms with Crippen molar-refractivity contribution >= 4 is 22.4 Å². The zero-order chi connectivity index (χ0) is 14.8. The third-order valence-electron chi connectivity index (χ3n) is 2.70. The molecule has 1 aromatic carbocycles. The van der Waals surface area contributed by atoms with Crippen LogP contribution >= 0.6 is 11.3 Å². The summed E-state index contributed by atoms with van der Waals surface area (Å²) >= 11 is 1.31. The highest BCUT2D eigenvalue weighted by atomic mass is 32.1. The Hall–Kier alpha value is -2.61. The van der Waals surface area contributed by atoms with E-state index in [-0.39, 0.29) is 11.6 Å². The normalized spacial score (nSPS) is 10.6. The van der Waals surface area contributed by atoms with Crippen molar-refractivity contribution in [2.24, 2.45) is 0 Å². The molecular weight excluding hydrogens is 293 g/mol. The van der Waals surface area contributed by atoms with Gasteiger partial charge in [0.2, 0.25) is 5.82 Å². The topological polar surface area (TPSA) is 72.7 Å². The molecule has 21 heavy (non-hydrogen) atoms. The average molecular weight is 303 g/mol. The number of hydrogen-bond donors (Lipinski definition) is 1. The second-order valence-corrected chi connectivity index (χ2v) is 5.06. The number of benzene rings is 1. The lowest BCUT2D eigenvalue weighted by molar-refractivity contribution is 0.101. The summed E-state index contributed by atoms with van der Waals surface area (Å²) in [4.78, 5) is 20.1. The minimum Gasteiger partial charge on any atom is -0.295 e. The fourth-order valence-electron chi connectivity index (χ4n) is 1.75. The van der Waals surface area contributed by atoms with Crippen LogP contribution in [-0.4, -0.2) is 25.7 Å². The predicted molar refractivity (Wildman–Crippen MR) is 76.1 cm³/mol. The van der Waals surface area contributed by atoms with Crippen molar-refractivity contribution in [3.05, 3.63) is 53.3 Å². The van der Waals surface area contributed by atoms with Crippen LogP contribution < -0.4 is 5.32 Å². The zero-order valence-corrected chi connectivity index (χ0v) is 11.8. The number of carbonyl (C=O) groups excluding carboxylic acids is 1. The second kappa shape index (κ2) is 5.41. The third-order valence-corrected chi connectivity index (χ3v) is 3.38. The minimum absolute atomic E-state index is 0.0343. The molecule has 6 nitrogen and oxygen atoms in total. The van der Waals surface area contributed by atoms with E-state index >= 15 is 0 Å². The zero-order valence-electron chi connectivity index (χ0n) is 10.9. The van der Waals surface area contributed by atoms with Crippen LogP contribution in [0, 0.1) is 12.7 Å². The lowest BCUT2D eigenvalue weighted by Gasteiger charge is -2.01. The summed E-state index contributed by atoms with van der Waals surface area (Å²) in [5, 5.41) is 8.99. The highest BCUT2D eigenvalue weighted by molar-refractivity contribution is 7.13. The van der Waals surface area contributed by atoms with Crippen LogP contribution in [0.15, 0.2) is 35.8 Å². The second-order valence-electron chi connectivity index (χ2n) is 4.16. The van der Waals surface area contributed by atoms with Crippen LogP contribution in [0.1, 0.15) is 16.4 Å². The monoisotopic (exact) mass is 303 g/mol. The van der Waals surface area contributed by atoms with Gasteiger partial charge in [-0.25, -0.2) is 19.0 Å². The maximum atomic E-state index is 12.9. The number of thiazole rings is 1. The van der Waals surface area contributed by atoms with Gasteiger partial charge in [-0.05, 0) is 31.2 Å². The van der Waals surface area contributed by atoms with Crippen molar-refractivity contribution in [3.63, 3.8) is 0 Å². The molecule has 0 saturated carbocycles. The molecule has 1 N–H and O–H groups in total. The molecule has 0 unspecified atom stereocenters. The number of halogens is 1. The van der Waals surface area contributed by atoms with Crippen LogP contribution in [0.5, 0.6) is 0 Å². The first-order valence-electron chi connectivity index (χ1n) is 6.04. The molecule has 0 radical (unpaired) electrons. The number of carbonyl (C=O) groups is 1. The van der Waals surface area contributed by atoms with E-state index in [2.05, 4.69) is 20.4 Å². The number of amides is 1. The molecule has 0 saturated heterocycles. The molecular formula is C13H10FN5OS. The molecule has 0 atom stereocenters. The van der Waals surface area contributed by atoms with Gasteiger partial charge >= 0.3 is 0 Å². The van der Waals surface area contributed by atoms with Gasteiger partial charge in [0.15, 0.2) is 5.13 Å². The Morgan fingerprint density at radius 2 is 2.10 bits per heavy atom. The van der Waals surface area contributed by atoms with E-state index < -0.39 is 5.91 Å². The molecule has 0 spiro atoms. The van der Waals surface area contributed by atoms with Crippen molar-refractivity contribution in [1.82, 2.24) is 19.7 Å². The molecule has 106 valence electrons. The quantitative estimate of drug-likeness (QED) is 0.806. The Morgan fingerprint density at radius 3 is 2.76 bits per heavy atom. The molecule has 0 bridgehead atoms. The number of hydrogen-bond acceptors (Lipinski definition) is 5. The third kappa shape index (κ3) is 2.79. The van der Waals surface area contributed by atoms with Gasteiger partial charge in [-0.3, -0.25) is 10.1 Å². The first kappa shape index (κ1) is 13.4. The Kier molecular flexibility index (Phi) is 3.44. The Balaban J connectivity index is 1.87. The molecule has 2 heterocycles. The summed E-state index contributed by atoms with van der Waals surface area (Å²) in [5.41, 5.74) is 0.634. The first-order valence-corrected chi connectivity index (χ1v) is 6.92. The van der Waals surface area contributed by atoms with Gasteiger partial charge in [0.1, 0.15) is 11.6 Å². The van der Waals surface area contributed by atoms with Gasteiger partial charge in [-0.15, -0.1) is 16.4 Å². The molecule has 2 aromatic heterocycles. The highest BCUT2D eigenvalue weighted by Crippen LogP contribution is 2.13. The summed E-state index contributed by atoms with van der Waals surface area (Å²) in [6.45, 7) is 1.72. The SMILES string of the molecule is Cc1nc(C(=O)Nc2nccs2)nn1-c1ccc(F)cc1. The lowest BCUT2D eigenvalue weighted by Crippen LogP contribution is -2.14. The van der Waals surface area contributed by atoms with Crippen LogP contribution in [-0.2, 0) is 0 Å². The summed E-state index contributed by atoms with van der Waals surface area (Å²) < 4.78 is 14.4. The summed E-state index contributed by atoms with van der Waals surface area (Å²) in [6.07, 6.45) is 1.59. The lowest BCUT2D eigenvalue weighted by atomic mass is 10.3. The molecule has 0 aliphatic carbocycles. The smallest absolute Gasteiger partial charge is 0.295 e. The van der Waals surface area contributed by atoms with Crippen LogP contribution in [0.3, 0.4) is 0 Å². The van der Waals surface area contributed by atoms with Crippen LogP contribution in [0.4, 0.5) is 9.52 Å². The van der Waals surface area contributed by atoms with Gasteiger partial charge in [0.25, 0.3) is 5.91 Å². The van der Waals surface area contributed by atoms with Crippen LogP contribution in [0.25, 0.3) is 5.69 Å². The first-order chi connectivity index (χ1) is 10.1. The Labute approximate surface area is 123 Å². The molecule has 0 fully saturated rings. The van der Waals surface area contributed by atoms with E-state index in [9.17, 15) is 9.18 Å². The summed E-state index contributed by atoms with van der Waals surface area (Å²) in [6, 6.07) is 5.79. The average Bonchev–Trinajstić information content (AvgIpc) is 3.09. The van der Waals surface area contributed by atoms with E-state index in [4.69, 9.17) is 0 Å². The fourth-order valence-corrected chi connectivity index (χ4v) is 2.28. The predicted octanol–water partition coefficient (Wildman–Crippen LogP) is 2.42. The Morgan fingerprint density at radius 1 is 1.33 bits per heavy atom. The maximum absolute atomic E-state index is 12.9. The number of anilines is 1. The van der Waals surface area contributed by atoms with Gasteiger partial charge in [-0.2, -0.15) is 0 Å². The van der Waals surface area contributed by atoms with Gasteiger partial charge in [0.05, 0.1) is 5.69 Å². The summed E-state index contributed by atoms with van der Waals surface area (Å²) in [5.74, 6) is -0.204. The van der Waals surface area contributed by atoms with E-state index in [1.54, 1.807) is 30.6 Å². The summed E-state index contributed by atoms with van der Waals surface area (Å²) in [7, 11) is 0. The fraction of sp³-hybridized carbons (Fsp3) is 0.0769. The minimum atomic E-state index is -0.436. The highest BCUT2D eigenvalue weighted by Gasteiger charge is 2.16. The van der Waals surface area contributed by atoms with E-state index in [0.29, 0.717) is 16.6 Å². The molecule has 3 rings (SSSR count). The number of aryl methyl sites for hydroxylation is 1. The van der Waals surface area contributed by atoms with Crippen LogP contribution in [0.2, 0.25) is 0 Å². The Bertz CT molecular complexity index is 766. The number of nitrogens with zero attached hydrogens (tertiary/aromatic N) is 4. The molecule has 0 aliphatic rings. The van der Waals surface area contributed by atoms with Crippen molar-refractivity contribution < 1.29 is 9.18 Å². The van der Waals surface area contributed by atoms with Crippen molar-refractivity contribution in [1.29, 1.82) is 0 Å². The van der Waals surface area contributed by atoms with Crippen molar-refractivity contribution in [3.8, 4) is 5.69 Å². The van der Waals surface area contributed by atoms with E-state index in [1.807, 2.05) is 0 Å². The van der Waals surface area contributed by atoms with E-state index in [1.165, 1.54) is 28.2 Å². The number of rotatable bonds is 3. The van der Waals surface area contributed by atoms with Crippen molar-refractivity contribution in [2.75, 3.05) is 5.32 Å². The maximum Gasteiger partial charge on any atom is 0.297 e. The van der Waals surface area contributed by atoms with Gasteiger partial charge < -0.3 is 0 Å². The molecule has 0 aliphatic heterocycles. The van der Waals surface area contributed by atoms with Gasteiger partial charge in [0, 0.05) is 11.6 Å². The van der Waals surface area contributed by atoms with Crippen molar-refractivity contribution in [2.45, 2.75) is 6.92 Å². The standard InChI is InChI=1S/C13H10FN5OS/c1-8-16-11(12(20)17-13-15-6-7-21-13)18-19(8)10-4-2-9(14)3-5-10/h2-7H,1H3,(H,15,17,20). The number of aromatic nitrogens is 4.